The maximum atomic E-state index is 12.2. The van der Waals surface area contributed by atoms with Crippen LogP contribution in [-0.4, -0.2) is 16.9 Å². The average molecular weight is 328 g/mol. The SMILES string of the molecule is Cc1cc(C)cc(OC(C)C(=O)Nc2ccc(C)c([N+](=O)[O-])c2)c1. The van der Waals surface area contributed by atoms with Gasteiger partial charge in [0.2, 0.25) is 0 Å². The molecule has 126 valence electrons. The molecule has 0 saturated heterocycles. The van der Waals surface area contributed by atoms with Gasteiger partial charge in [0.15, 0.2) is 6.10 Å². The first-order valence-electron chi connectivity index (χ1n) is 7.57. The topological polar surface area (TPSA) is 81.5 Å². The van der Waals surface area contributed by atoms with Gasteiger partial charge in [-0.25, -0.2) is 0 Å². The van der Waals surface area contributed by atoms with Gasteiger partial charge in [-0.2, -0.15) is 0 Å². The van der Waals surface area contributed by atoms with Crippen LogP contribution < -0.4 is 10.1 Å². The van der Waals surface area contributed by atoms with E-state index in [0.717, 1.165) is 11.1 Å². The zero-order valence-corrected chi connectivity index (χ0v) is 14.1. The third-order valence-corrected chi connectivity index (χ3v) is 3.55. The fourth-order valence-electron chi connectivity index (χ4n) is 2.39. The second kappa shape index (κ2) is 7.12. The molecule has 0 spiro atoms. The van der Waals surface area contributed by atoms with Gasteiger partial charge in [0.1, 0.15) is 5.75 Å². The number of nitrogens with zero attached hydrogens (tertiary/aromatic N) is 1. The van der Waals surface area contributed by atoms with Crippen LogP contribution in [0.5, 0.6) is 5.75 Å². The van der Waals surface area contributed by atoms with Gasteiger partial charge in [-0.3, -0.25) is 14.9 Å². The number of ether oxygens (including phenoxy) is 1. The third kappa shape index (κ3) is 4.32. The van der Waals surface area contributed by atoms with Gasteiger partial charge in [0, 0.05) is 17.3 Å². The Labute approximate surface area is 140 Å². The van der Waals surface area contributed by atoms with E-state index in [-0.39, 0.29) is 11.6 Å². The summed E-state index contributed by atoms with van der Waals surface area (Å²) < 4.78 is 5.67. The van der Waals surface area contributed by atoms with E-state index >= 15 is 0 Å². The van der Waals surface area contributed by atoms with Crippen molar-refractivity contribution in [3.8, 4) is 5.75 Å². The molecule has 1 unspecified atom stereocenters. The molecule has 0 bridgehead atoms. The van der Waals surface area contributed by atoms with E-state index in [1.165, 1.54) is 6.07 Å². The normalized spacial score (nSPS) is 11.7. The molecule has 1 atom stereocenters. The molecule has 2 aromatic rings. The molecule has 6 heteroatoms. The number of nitro benzene ring substituents is 1. The van der Waals surface area contributed by atoms with Crippen LogP contribution >= 0.6 is 0 Å². The molecule has 24 heavy (non-hydrogen) atoms. The summed E-state index contributed by atoms with van der Waals surface area (Å²) in [7, 11) is 0. The Morgan fingerprint density at radius 3 is 2.33 bits per heavy atom. The van der Waals surface area contributed by atoms with Gasteiger partial charge >= 0.3 is 0 Å². The molecular formula is C18H20N2O4. The minimum absolute atomic E-state index is 0.0318. The number of aryl methyl sites for hydroxylation is 3. The summed E-state index contributed by atoms with van der Waals surface area (Å²) in [5, 5.41) is 13.6. The number of hydrogen-bond donors (Lipinski definition) is 1. The Balaban J connectivity index is 2.09. The van der Waals surface area contributed by atoms with Crippen LogP contribution in [-0.2, 0) is 4.79 Å². The molecule has 1 amide bonds. The molecule has 2 aromatic carbocycles. The van der Waals surface area contributed by atoms with Crippen LogP contribution in [0.2, 0.25) is 0 Å². The largest absolute Gasteiger partial charge is 0.481 e. The van der Waals surface area contributed by atoms with Crippen molar-refractivity contribution in [1.82, 2.24) is 0 Å². The summed E-state index contributed by atoms with van der Waals surface area (Å²) in [6.45, 7) is 7.19. The average Bonchev–Trinajstić information content (AvgIpc) is 2.47. The maximum absolute atomic E-state index is 12.2. The summed E-state index contributed by atoms with van der Waals surface area (Å²) in [5.41, 5.74) is 2.97. The van der Waals surface area contributed by atoms with Crippen molar-refractivity contribution < 1.29 is 14.5 Å². The van der Waals surface area contributed by atoms with Crippen molar-refractivity contribution in [3.05, 3.63) is 63.2 Å². The number of nitro groups is 1. The van der Waals surface area contributed by atoms with Gasteiger partial charge in [-0.15, -0.1) is 0 Å². The summed E-state index contributed by atoms with van der Waals surface area (Å²) in [6, 6.07) is 10.3. The van der Waals surface area contributed by atoms with Gasteiger partial charge in [-0.05, 0) is 57.0 Å². The zero-order chi connectivity index (χ0) is 17.9. The molecule has 0 aliphatic heterocycles. The van der Waals surface area contributed by atoms with Gasteiger partial charge in [0.05, 0.1) is 4.92 Å². The van der Waals surface area contributed by atoms with Gasteiger partial charge in [-0.1, -0.05) is 12.1 Å². The van der Waals surface area contributed by atoms with Crippen LogP contribution in [0.3, 0.4) is 0 Å². The second-order valence-corrected chi connectivity index (χ2v) is 5.83. The quantitative estimate of drug-likeness (QED) is 0.666. The molecule has 0 aliphatic rings. The molecule has 0 saturated carbocycles. The maximum Gasteiger partial charge on any atom is 0.274 e. The lowest BCUT2D eigenvalue weighted by molar-refractivity contribution is -0.385. The zero-order valence-electron chi connectivity index (χ0n) is 14.1. The number of anilines is 1. The van der Waals surface area contributed by atoms with Crippen molar-refractivity contribution in [3.63, 3.8) is 0 Å². The minimum atomic E-state index is -0.730. The number of rotatable bonds is 5. The highest BCUT2D eigenvalue weighted by Crippen LogP contribution is 2.23. The minimum Gasteiger partial charge on any atom is -0.481 e. The van der Waals surface area contributed by atoms with Crippen molar-refractivity contribution in [2.24, 2.45) is 0 Å². The van der Waals surface area contributed by atoms with E-state index in [0.29, 0.717) is 17.0 Å². The molecule has 1 N–H and O–H groups in total. The van der Waals surface area contributed by atoms with Crippen LogP contribution in [0.25, 0.3) is 0 Å². The molecule has 2 rings (SSSR count). The Bertz CT molecular complexity index is 766. The molecule has 0 aromatic heterocycles. The lowest BCUT2D eigenvalue weighted by Gasteiger charge is -2.15. The number of benzene rings is 2. The summed E-state index contributed by atoms with van der Waals surface area (Å²) in [4.78, 5) is 22.7. The number of carbonyl (C=O) groups excluding carboxylic acids is 1. The highest BCUT2D eigenvalue weighted by atomic mass is 16.6. The van der Waals surface area contributed by atoms with E-state index < -0.39 is 11.0 Å². The standard InChI is InChI=1S/C18H20N2O4/c1-11-7-12(2)9-16(8-11)24-14(4)18(21)19-15-6-5-13(3)17(10-15)20(22)23/h5-10,14H,1-4H3,(H,19,21). The third-order valence-electron chi connectivity index (χ3n) is 3.55. The summed E-state index contributed by atoms with van der Waals surface area (Å²) in [5.74, 6) is 0.248. The fraction of sp³-hybridized carbons (Fsp3) is 0.278. The van der Waals surface area contributed by atoms with E-state index in [4.69, 9.17) is 4.74 Å². The highest BCUT2D eigenvalue weighted by molar-refractivity contribution is 5.94. The molecule has 0 aliphatic carbocycles. The Kier molecular flexibility index (Phi) is 5.18. The van der Waals surface area contributed by atoms with E-state index in [1.807, 2.05) is 32.0 Å². The summed E-state index contributed by atoms with van der Waals surface area (Å²) >= 11 is 0. The first kappa shape index (κ1) is 17.5. The van der Waals surface area contributed by atoms with E-state index in [1.54, 1.807) is 26.0 Å². The predicted octanol–water partition coefficient (Wildman–Crippen LogP) is 3.93. The molecule has 0 radical (unpaired) electrons. The molecule has 0 heterocycles. The van der Waals surface area contributed by atoms with E-state index in [2.05, 4.69) is 5.32 Å². The fourth-order valence-corrected chi connectivity index (χ4v) is 2.39. The molecule has 6 nitrogen and oxygen atoms in total. The van der Waals surface area contributed by atoms with Gasteiger partial charge < -0.3 is 10.1 Å². The van der Waals surface area contributed by atoms with Crippen LogP contribution in [0.15, 0.2) is 36.4 Å². The van der Waals surface area contributed by atoms with Crippen molar-refractivity contribution in [2.45, 2.75) is 33.8 Å². The number of amides is 1. The second-order valence-electron chi connectivity index (χ2n) is 5.83. The monoisotopic (exact) mass is 328 g/mol. The smallest absolute Gasteiger partial charge is 0.274 e. The lowest BCUT2D eigenvalue weighted by atomic mass is 10.1. The van der Waals surface area contributed by atoms with E-state index in [9.17, 15) is 14.9 Å². The number of carbonyl (C=O) groups is 1. The number of hydrogen-bond acceptors (Lipinski definition) is 4. The van der Waals surface area contributed by atoms with Crippen molar-refractivity contribution in [2.75, 3.05) is 5.32 Å². The van der Waals surface area contributed by atoms with Crippen LogP contribution in [0.4, 0.5) is 11.4 Å². The van der Waals surface area contributed by atoms with Crippen LogP contribution in [0, 0.1) is 30.9 Å². The number of nitrogens with one attached hydrogen (secondary N) is 1. The molecule has 0 fully saturated rings. The Morgan fingerprint density at radius 2 is 1.75 bits per heavy atom. The lowest BCUT2D eigenvalue weighted by Crippen LogP contribution is -2.30. The van der Waals surface area contributed by atoms with Crippen molar-refractivity contribution in [1.29, 1.82) is 0 Å². The first-order valence-corrected chi connectivity index (χ1v) is 7.57. The molecular weight excluding hydrogens is 308 g/mol. The highest BCUT2D eigenvalue weighted by Gasteiger charge is 2.17. The van der Waals surface area contributed by atoms with Crippen molar-refractivity contribution >= 4 is 17.3 Å². The van der Waals surface area contributed by atoms with Crippen LogP contribution in [0.1, 0.15) is 23.6 Å². The van der Waals surface area contributed by atoms with Gasteiger partial charge in [0.25, 0.3) is 11.6 Å². The predicted molar refractivity (Wildman–Crippen MR) is 92.5 cm³/mol. The summed E-state index contributed by atoms with van der Waals surface area (Å²) in [6.07, 6.45) is -0.730. The Morgan fingerprint density at radius 1 is 1.12 bits per heavy atom. The Hall–Kier alpha value is -2.89. The first-order chi connectivity index (χ1) is 11.3.